The van der Waals surface area contributed by atoms with Gasteiger partial charge in [0.05, 0.1) is 10.8 Å². The monoisotopic (exact) mass is 346 g/mol. The van der Waals surface area contributed by atoms with Gasteiger partial charge in [-0.1, -0.05) is 32.0 Å². The van der Waals surface area contributed by atoms with Crippen LogP contribution >= 0.6 is 0 Å². The first-order valence-corrected chi connectivity index (χ1v) is 10.0. The van der Waals surface area contributed by atoms with Gasteiger partial charge in [-0.15, -0.1) is 10.2 Å². The first-order chi connectivity index (χ1) is 11.6. The predicted octanol–water partition coefficient (Wildman–Crippen LogP) is 2.36. The van der Waals surface area contributed by atoms with Gasteiger partial charge < -0.3 is 9.88 Å². The van der Waals surface area contributed by atoms with Gasteiger partial charge in [-0.05, 0) is 31.0 Å². The Morgan fingerprint density at radius 3 is 2.83 bits per heavy atom. The molecule has 0 fully saturated rings. The van der Waals surface area contributed by atoms with Crippen LogP contribution in [0.5, 0.6) is 0 Å². The van der Waals surface area contributed by atoms with Crippen molar-refractivity contribution in [3.63, 3.8) is 0 Å². The molecule has 2 heterocycles. The fraction of sp³-hybridized carbons (Fsp3) is 0.556. The minimum Gasteiger partial charge on any atom is -0.315 e. The average molecular weight is 347 g/mol. The van der Waals surface area contributed by atoms with Crippen molar-refractivity contribution in [2.75, 3.05) is 18.8 Å². The molecule has 0 spiro atoms. The summed E-state index contributed by atoms with van der Waals surface area (Å²) in [7, 11) is -0.917. The smallest absolute Gasteiger partial charge is 0.135 e. The lowest BCUT2D eigenvalue weighted by atomic mass is 9.99. The van der Waals surface area contributed by atoms with Crippen molar-refractivity contribution in [1.82, 2.24) is 20.1 Å². The lowest BCUT2D eigenvalue weighted by Crippen LogP contribution is -2.32. The fourth-order valence-electron chi connectivity index (χ4n) is 3.17. The highest BCUT2D eigenvalue weighted by molar-refractivity contribution is 7.85. The molecule has 1 N–H and O–H groups in total. The Kier molecular flexibility index (Phi) is 5.79. The average Bonchev–Trinajstić information content (AvgIpc) is 3.02. The number of hydrogen-bond acceptors (Lipinski definition) is 4. The van der Waals surface area contributed by atoms with Gasteiger partial charge in [-0.3, -0.25) is 4.21 Å². The van der Waals surface area contributed by atoms with Crippen LogP contribution in [0.3, 0.4) is 0 Å². The molecule has 0 radical (unpaired) electrons. The van der Waals surface area contributed by atoms with Gasteiger partial charge in [-0.25, -0.2) is 0 Å². The van der Waals surface area contributed by atoms with Gasteiger partial charge in [-0.2, -0.15) is 0 Å². The lowest BCUT2D eigenvalue weighted by Gasteiger charge is -2.25. The Hall–Kier alpha value is -1.53. The molecule has 0 saturated heterocycles. The highest BCUT2D eigenvalue weighted by atomic mass is 32.2. The van der Waals surface area contributed by atoms with Gasteiger partial charge in [0, 0.05) is 36.1 Å². The summed E-state index contributed by atoms with van der Waals surface area (Å²) in [6.45, 7) is 7.06. The Bertz CT molecular complexity index is 684. The van der Waals surface area contributed by atoms with Crippen LogP contribution in [0.2, 0.25) is 0 Å². The number of aryl methyl sites for hydroxylation is 1. The molecule has 2 atom stereocenters. The largest absolute Gasteiger partial charge is 0.315 e. The van der Waals surface area contributed by atoms with Crippen molar-refractivity contribution in [1.29, 1.82) is 0 Å². The van der Waals surface area contributed by atoms with E-state index < -0.39 is 10.8 Å². The van der Waals surface area contributed by atoms with Gasteiger partial charge >= 0.3 is 0 Å². The number of hydrogen-bond donors (Lipinski definition) is 1. The Morgan fingerprint density at radius 2 is 2.08 bits per heavy atom. The summed E-state index contributed by atoms with van der Waals surface area (Å²) in [5, 5.41) is 12.1. The van der Waals surface area contributed by atoms with E-state index in [0.717, 1.165) is 49.0 Å². The molecular formula is C18H26N4OS. The highest BCUT2D eigenvalue weighted by Crippen LogP contribution is 2.23. The molecule has 2 aromatic rings. The zero-order chi connectivity index (χ0) is 16.9. The molecule has 5 nitrogen and oxygen atoms in total. The third-order valence-electron chi connectivity index (χ3n) is 4.49. The molecule has 1 aliphatic heterocycles. The van der Waals surface area contributed by atoms with Crippen molar-refractivity contribution in [2.24, 2.45) is 5.92 Å². The number of aromatic nitrogens is 3. The normalized spacial score (nSPS) is 18.5. The van der Waals surface area contributed by atoms with E-state index >= 15 is 0 Å². The van der Waals surface area contributed by atoms with E-state index in [-0.39, 0.29) is 0 Å². The van der Waals surface area contributed by atoms with E-state index in [2.05, 4.69) is 33.9 Å². The molecule has 0 saturated carbocycles. The van der Waals surface area contributed by atoms with E-state index in [0.29, 0.717) is 17.6 Å². The highest BCUT2D eigenvalue weighted by Gasteiger charge is 2.23. The first-order valence-electron chi connectivity index (χ1n) is 8.71. The Labute approximate surface area is 146 Å². The molecule has 1 aromatic heterocycles. The molecule has 3 rings (SSSR count). The summed E-state index contributed by atoms with van der Waals surface area (Å²) in [4.78, 5) is 0.910. The van der Waals surface area contributed by atoms with Gasteiger partial charge in [0.15, 0.2) is 0 Å². The number of nitrogens with one attached hydrogen (secondary N) is 1. The Morgan fingerprint density at radius 1 is 1.29 bits per heavy atom. The second-order valence-corrected chi connectivity index (χ2v) is 8.28. The van der Waals surface area contributed by atoms with E-state index in [1.54, 1.807) is 0 Å². The van der Waals surface area contributed by atoms with Crippen LogP contribution in [0.1, 0.15) is 37.8 Å². The van der Waals surface area contributed by atoms with Gasteiger partial charge in [0.1, 0.15) is 11.6 Å². The summed E-state index contributed by atoms with van der Waals surface area (Å²) in [6.07, 6.45) is 2.15. The van der Waals surface area contributed by atoms with E-state index in [9.17, 15) is 4.21 Å². The van der Waals surface area contributed by atoms with Crippen LogP contribution in [-0.4, -0.2) is 37.8 Å². The van der Waals surface area contributed by atoms with Gasteiger partial charge in [0.25, 0.3) is 0 Å². The maximum Gasteiger partial charge on any atom is 0.135 e. The quantitative estimate of drug-likeness (QED) is 0.782. The summed E-state index contributed by atoms with van der Waals surface area (Å²) in [6, 6.07) is 9.68. The fourth-order valence-corrected chi connectivity index (χ4v) is 4.20. The molecule has 0 aliphatic carbocycles. The standard InChI is InChI=1S/C18H26N4OS/c1-14(2)18-21-20-17-9-8-15(13-22(17)18)12-19-10-11-24(23)16-6-4-3-5-7-16/h3-7,14-15,19H,8-13H2,1-2H3/t15-,24-/m0/s1. The molecule has 0 bridgehead atoms. The lowest BCUT2D eigenvalue weighted by molar-refractivity contribution is 0.343. The number of rotatable bonds is 7. The van der Waals surface area contributed by atoms with Crippen LogP contribution in [0.25, 0.3) is 0 Å². The van der Waals surface area contributed by atoms with Crippen molar-refractivity contribution in [2.45, 2.75) is 44.0 Å². The van der Waals surface area contributed by atoms with E-state index in [1.807, 2.05) is 30.3 Å². The summed E-state index contributed by atoms with van der Waals surface area (Å²) in [5.41, 5.74) is 0. The minimum atomic E-state index is -0.917. The van der Waals surface area contributed by atoms with Crippen LogP contribution in [0, 0.1) is 5.92 Å². The SMILES string of the molecule is CC(C)c1nnc2n1C[C@H](CNCC[S@](=O)c1ccccc1)CC2. The molecular weight excluding hydrogens is 320 g/mol. The van der Waals surface area contributed by atoms with Crippen molar-refractivity contribution in [3.8, 4) is 0 Å². The van der Waals surface area contributed by atoms with E-state index in [4.69, 9.17) is 0 Å². The maximum absolute atomic E-state index is 12.2. The van der Waals surface area contributed by atoms with E-state index in [1.165, 1.54) is 0 Å². The van der Waals surface area contributed by atoms with Crippen LogP contribution < -0.4 is 5.32 Å². The summed E-state index contributed by atoms with van der Waals surface area (Å²) >= 11 is 0. The molecule has 24 heavy (non-hydrogen) atoms. The molecule has 0 unspecified atom stereocenters. The van der Waals surface area contributed by atoms with Crippen molar-refractivity contribution in [3.05, 3.63) is 42.0 Å². The third kappa shape index (κ3) is 4.11. The minimum absolute atomic E-state index is 0.409. The predicted molar refractivity (Wildman–Crippen MR) is 96.5 cm³/mol. The number of nitrogens with zero attached hydrogens (tertiary/aromatic N) is 3. The van der Waals surface area contributed by atoms with Crippen LogP contribution in [0.4, 0.5) is 0 Å². The van der Waals surface area contributed by atoms with Crippen molar-refractivity contribution < 1.29 is 4.21 Å². The Balaban J connectivity index is 1.45. The second kappa shape index (κ2) is 8.03. The number of fused-ring (bicyclic) bond motifs is 1. The zero-order valence-electron chi connectivity index (χ0n) is 14.4. The summed E-state index contributed by atoms with van der Waals surface area (Å²) < 4.78 is 14.5. The van der Waals surface area contributed by atoms with Crippen LogP contribution in [-0.2, 0) is 23.8 Å². The molecule has 0 amide bonds. The maximum atomic E-state index is 12.2. The summed E-state index contributed by atoms with van der Waals surface area (Å²) in [5.74, 6) is 3.88. The molecule has 1 aromatic carbocycles. The topological polar surface area (TPSA) is 59.8 Å². The molecule has 1 aliphatic rings. The second-order valence-electron chi connectivity index (χ2n) is 6.71. The molecule has 130 valence electrons. The van der Waals surface area contributed by atoms with Crippen LogP contribution in [0.15, 0.2) is 35.2 Å². The van der Waals surface area contributed by atoms with Crippen molar-refractivity contribution >= 4 is 10.8 Å². The molecule has 6 heteroatoms. The zero-order valence-corrected chi connectivity index (χ0v) is 15.3. The number of benzene rings is 1. The van der Waals surface area contributed by atoms with Gasteiger partial charge in [0.2, 0.25) is 0 Å². The third-order valence-corrected chi connectivity index (χ3v) is 5.87. The first kappa shape index (κ1) is 17.3.